The van der Waals surface area contributed by atoms with Gasteiger partial charge in [0.2, 0.25) is 10.0 Å². The van der Waals surface area contributed by atoms with Gasteiger partial charge >= 0.3 is 5.97 Å². The molecule has 0 unspecified atom stereocenters. The molecule has 7 nitrogen and oxygen atoms in total. The Kier molecular flexibility index (Phi) is 6.59. The smallest absolute Gasteiger partial charge is 0.324 e. The van der Waals surface area contributed by atoms with Crippen LogP contribution in [0.2, 0.25) is 5.02 Å². The average Bonchev–Trinajstić information content (AvgIpc) is 3.37. The Balaban J connectivity index is 1.44. The molecule has 1 atom stereocenters. The van der Waals surface area contributed by atoms with E-state index < -0.39 is 28.6 Å². The van der Waals surface area contributed by atoms with Crippen LogP contribution in [0.5, 0.6) is 0 Å². The molecule has 4 rings (SSSR count). The number of anilines is 1. The minimum Gasteiger partial charge on any atom is -0.456 e. The predicted molar refractivity (Wildman–Crippen MR) is 130 cm³/mol. The predicted octanol–water partition coefficient (Wildman–Crippen LogP) is 3.92. The van der Waals surface area contributed by atoms with Crippen LogP contribution >= 0.6 is 11.6 Å². The van der Waals surface area contributed by atoms with E-state index in [2.05, 4.69) is 0 Å². The maximum Gasteiger partial charge on any atom is 0.324 e. The lowest BCUT2D eigenvalue weighted by Crippen LogP contribution is -2.41. The van der Waals surface area contributed by atoms with Gasteiger partial charge in [0.1, 0.15) is 6.04 Å². The minimum absolute atomic E-state index is 0.0588. The number of ether oxygens (including phenoxy) is 1. The molecule has 0 aromatic heterocycles. The highest BCUT2D eigenvalue weighted by Crippen LogP contribution is 2.46. The first-order valence-corrected chi connectivity index (χ1v) is 12.9. The second-order valence-corrected chi connectivity index (χ2v) is 11.4. The number of sulfonamides is 1. The van der Waals surface area contributed by atoms with Crippen molar-refractivity contribution < 1.29 is 22.7 Å². The molecule has 2 heterocycles. The molecule has 1 fully saturated rings. The molecule has 2 aliphatic heterocycles. The zero-order chi connectivity index (χ0) is 24.7. The van der Waals surface area contributed by atoms with Crippen molar-refractivity contribution in [3.63, 3.8) is 0 Å². The summed E-state index contributed by atoms with van der Waals surface area (Å²) in [6, 6.07) is 12.8. The number of rotatable bonds is 6. The Morgan fingerprint density at radius 1 is 1.15 bits per heavy atom. The van der Waals surface area contributed by atoms with Crippen molar-refractivity contribution in [2.75, 3.05) is 25.1 Å². The molecule has 2 aromatic rings. The zero-order valence-electron chi connectivity index (χ0n) is 19.3. The van der Waals surface area contributed by atoms with Crippen molar-refractivity contribution in [3.8, 4) is 0 Å². The van der Waals surface area contributed by atoms with Gasteiger partial charge in [0.05, 0.1) is 4.90 Å². The summed E-state index contributed by atoms with van der Waals surface area (Å²) in [5.41, 5.74) is 2.57. The van der Waals surface area contributed by atoms with Gasteiger partial charge in [-0.2, -0.15) is 4.31 Å². The lowest BCUT2D eigenvalue weighted by Gasteiger charge is -2.24. The lowest BCUT2D eigenvalue weighted by atomic mass is 9.83. The first-order valence-electron chi connectivity index (χ1n) is 11.1. The number of hydrogen-bond donors (Lipinski definition) is 0. The van der Waals surface area contributed by atoms with Gasteiger partial charge in [-0.3, -0.25) is 9.59 Å². The Bertz CT molecular complexity index is 1250. The van der Waals surface area contributed by atoms with Gasteiger partial charge < -0.3 is 9.64 Å². The van der Waals surface area contributed by atoms with E-state index in [4.69, 9.17) is 16.3 Å². The molecule has 2 aromatic carbocycles. The number of esters is 1. The van der Waals surface area contributed by atoms with E-state index in [1.807, 2.05) is 50.1 Å². The van der Waals surface area contributed by atoms with Crippen LogP contribution in [-0.2, 0) is 29.8 Å². The van der Waals surface area contributed by atoms with Crippen LogP contribution in [0.25, 0.3) is 0 Å². The zero-order valence-corrected chi connectivity index (χ0v) is 20.9. The summed E-state index contributed by atoms with van der Waals surface area (Å²) in [5.74, 6) is -1.08. The van der Waals surface area contributed by atoms with Crippen molar-refractivity contribution >= 4 is 39.1 Å². The van der Waals surface area contributed by atoms with Crippen molar-refractivity contribution in [1.82, 2.24) is 4.31 Å². The number of benzene rings is 2. The molecule has 0 N–H and O–H groups in total. The Morgan fingerprint density at radius 3 is 2.50 bits per heavy atom. The molecular weight excluding hydrogens is 476 g/mol. The van der Waals surface area contributed by atoms with Crippen LogP contribution in [0.3, 0.4) is 0 Å². The summed E-state index contributed by atoms with van der Waals surface area (Å²) >= 11 is 5.86. The molecular formula is C25H27ClN2O5S. The highest BCUT2D eigenvalue weighted by atomic mass is 35.5. The number of carbonyl (C=O) groups is 2. The molecule has 0 amide bonds. The maximum absolute atomic E-state index is 13.0. The first-order chi connectivity index (χ1) is 16.0. The Labute approximate surface area is 205 Å². The van der Waals surface area contributed by atoms with Crippen LogP contribution in [-0.4, -0.2) is 50.7 Å². The molecule has 34 heavy (non-hydrogen) atoms. The van der Waals surface area contributed by atoms with E-state index in [-0.39, 0.29) is 22.6 Å². The number of carbonyl (C=O) groups excluding carboxylic acids is 2. The van der Waals surface area contributed by atoms with E-state index in [1.165, 1.54) is 30.3 Å². The summed E-state index contributed by atoms with van der Waals surface area (Å²) in [7, 11) is -1.99. The molecule has 180 valence electrons. The summed E-state index contributed by atoms with van der Waals surface area (Å²) < 4.78 is 32.5. The van der Waals surface area contributed by atoms with E-state index in [9.17, 15) is 18.0 Å². The van der Waals surface area contributed by atoms with E-state index >= 15 is 0 Å². The second kappa shape index (κ2) is 9.17. The monoisotopic (exact) mass is 502 g/mol. The minimum atomic E-state index is -3.89. The fourth-order valence-corrected chi connectivity index (χ4v) is 6.47. The van der Waals surface area contributed by atoms with Gasteiger partial charge in [-0.15, -0.1) is 0 Å². The molecule has 0 radical (unpaired) electrons. The van der Waals surface area contributed by atoms with Gasteiger partial charge in [0, 0.05) is 41.5 Å². The summed E-state index contributed by atoms with van der Waals surface area (Å²) in [4.78, 5) is 27.5. The van der Waals surface area contributed by atoms with Crippen LogP contribution in [0.4, 0.5) is 5.69 Å². The molecule has 0 spiro atoms. The van der Waals surface area contributed by atoms with Crippen LogP contribution < -0.4 is 4.90 Å². The number of likely N-dealkylation sites (N-methyl/N-ethyl adjacent to an activating group) is 1. The SMILES string of the molecule is CN1C(=CC(=O)COC(=O)[C@@H]2CCCN2S(=O)(=O)c2ccc(Cl)cc2)C(C)(C)c2ccccc21. The van der Waals surface area contributed by atoms with Gasteiger partial charge in [0.25, 0.3) is 0 Å². The summed E-state index contributed by atoms with van der Waals surface area (Å²) in [6.45, 7) is 3.84. The normalized spacial score (nSPS) is 21.0. The summed E-state index contributed by atoms with van der Waals surface area (Å²) in [6.07, 6.45) is 2.37. The lowest BCUT2D eigenvalue weighted by molar-refractivity contribution is -0.150. The van der Waals surface area contributed by atoms with Crippen molar-refractivity contribution in [1.29, 1.82) is 0 Å². The first kappa shape index (κ1) is 24.4. The third-order valence-electron chi connectivity index (χ3n) is 6.49. The van der Waals surface area contributed by atoms with Crippen molar-refractivity contribution in [3.05, 3.63) is 70.9 Å². The summed E-state index contributed by atoms with van der Waals surface area (Å²) in [5, 5.41) is 0.420. The van der Waals surface area contributed by atoms with Crippen LogP contribution in [0, 0.1) is 0 Å². The number of hydrogen-bond acceptors (Lipinski definition) is 6. The number of ketones is 1. The number of fused-ring (bicyclic) bond motifs is 1. The molecule has 1 saturated heterocycles. The van der Waals surface area contributed by atoms with Gasteiger partial charge in [-0.25, -0.2) is 8.42 Å². The topological polar surface area (TPSA) is 84.0 Å². The number of para-hydroxylation sites is 1. The molecule has 0 aliphatic carbocycles. The standard InChI is InChI=1S/C25H27ClN2O5S/c1-25(2)20-7-4-5-8-21(20)27(3)23(25)15-18(29)16-33-24(30)22-9-6-14-28(22)34(31,32)19-12-10-17(26)11-13-19/h4-5,7-8,10-13,15,22H,6,9,14,16H2,1-3H3/t22-/m0/s1. The van der Waals surface area contributed by atoms with Crippen LogP contribution in [0.15, 0.2) is 65.2 Å². The second-order valence-electron chi connectivity index (χ2n) is 9.03. The molecule has 9 heteroatoms. The third-order valence-corrected chi connectivity index (χ3v) is 8.67. The number of allylic oxidation sites excluding steroid dienone is 1. The molecule has 0 saturated carbocycles. The van der Waals surface area contributed by atoms with E-state index in [0.29, 0.717) is 17.9 Å². The fraction of sp³-hybridized carbons (Fsp3) is 0.360. The van der Waals surface area contributed by atoms with Gasteiger partial charge in [-0.1, -0.05) is 43.6 Å². The highest BCUT2D eigenvalue weighted by Gasteiger charge is 2.41. The number of halogens is 1. The Hall–Kier alpha value is -2.68. The number of nitrogens with zero attached hydrogens (tertiary/aromatic N) is 2. The fourth-order valence-electron chi connectivity index (χ4n) is 4.70. The highest BCUT2D eigenvalue weighted by molar-refractivity contribution is 7.89. The van der Waals surface area contributed by atoms with Gasteiger partial charge in [0.15, 0.2) is 12.4 Å². The molecule has 2 aliphatic rings. The maximum atomic E-state index is 13.0. The average molecular weight is 503 g/mol. The third kappa shape index (κ3) is 4.37. The van der Waals surface area contributed by atoms with E-state index in [0.717, 1.165) is 21.3 Å². The van der Waals surface area contributed by atoms with Crippen molar-refractivity contribution in [2.24, 2.45) is 0 Å². The Morgan fingerprint density at radius 2 is 1.82 bits per heavy atom. The molecule has 0 bridgehead atoms. The van der Waals surface area contributed by atoms with Crippen LogP contribution in [0.1, 0.15) is 32.3 Å². The van der Waals surface area contributed by atoms with E-state index in [1.54, 1.807) is 0 Å². The largest absolute Gasteiger partial charge is 0.456 e. The van der Waals surface area contributed by atoms with Gasteiger partial charge in [-0.05, 0) is 48.7 Å². The van der Waals surface area contributed by atoms with Crippen molar-refractivity contribution in [2.45, 2.75) is 43.0 Å². The quantitative estimate of drug-likeness (QED) is 0.440.